The van der Waals surface area contributed by atoms with Crippen molar-refractivity contribution in [1.29, 1.82) is 0 Å². The first-order chi connectivity index (χ1) is 13.8. The van der Waals surface area contributed by atoms with Gasteiger partial charge in [-0.2, -0.15) is 0 Å². The van der Waals surface area contributed by atoms with Crippen LogP contribution in [0.3, 0.4) is 0 Å². The average Bonchev–Trinajstić information content (AvgIpc) is 3.16. The number of sulfone groups is 1. The Morgan fingerprint density at radius 1 is 1.14 bits per heavy atom. The number of aromatic nitrogens is 1. The molecule has 1 heterocycles. The van der Waals surface area contributed by atoms with E-state index < -0.39 is 21.0 Å². The van der Waals surface area contributed by atoms with Crippen LogP contribution in [0.5, 0.6) is 0 Å². The minimum Gasteiger partial charge on any atom is -0.325 e. The summed E-state index contributed by atoms with van der Waals surface area (Å²) in [7, 11) is -3.75. The zero-order valence-corrected chi connectivity index (χ0v) is 17.7. The predicted molar refractivity (Wildman–Crippen MR) is 114 cm³/mol. The Hall–Kier alpha value is -2.58. The molecule has 0 spiro atoms. The second-order valence-electron chi connectivity index (χ2n) is 6.64. The van der Waals surface area contributed by atoms with Gasteiger partial charge in [0.1, 0.15) is 16.1 Å². The lowest BCUT2D eigenvalue weighted by Gasteiger charge is -2.13. The number of aryl methyl sites for hydroxylation is 1. The van der Waals surface area contributed by atoms with Gasteiger partial charge in [0.2, 0.25) is 5.91 Å². The van der Waals surface area contributed by atoms with Gasteiger partial charge in [0.05, 0.1) is 11.4 Å². The largest absolute Gasteiger partial charge is 0.325 e. The van der Waals surface area contributed by atoms with Crippen LogP contribution in [0.25, 0.3) is 10.6 Å². The van der Waals surface area contributed by atoms with Crippen LogP contribution in [0, 0.1) is 5.82 Å². The maximum Gasteiger partial charge on any atom is 0.242 e. The molecule has 1 N–H and O–H groups in total. The van der Waals surface area contributed by atoms with E-state index in [2.05, 4.69) is 10.3 Å². The summed E-state index contributed by atoms with van der Waals surface area (Å²) in [5, 5.41) is 3.68. The quantitative estimate of drug-likeness (QED) is 0.598. The standard InChI is InChI=1S/C21H21FN2O3S2/c1-3-15-4-10-18(11-5-15)23-20(25)14(2)29(26,27)13-19-12-28-21(24-19)16-6-8-17(22)9-7-16/h4-12,14H,3,13H2,1-2H3,(H,23,25). The number of carbonyl (C=O) groups excluding carboxylic acids is 1. The SMILES string of the molecule is CCc1ccc(NC(=O)C(C)S(=O)(=O)Cc2csc(-c3ccc(F)cc3)n2)cc1. The molecule has 0 aliphatic carbocycles. The highest BCUT2D eigenvalue weighted by molar-refractivity contribution is 7.92. The highest BCUT2D eigenvalue weighted by Gasteiger charge is 2.29. The van der Waals surface area contributed by atoms with Crippen LogP contribution < -0.4 is 5.32 Å². The van der Waals surface area contributed by atoms with Crippen molar-refractivity contribution in [1.82, 2.24) is 4.98 Å². The topological polar surface area (TPSA) is 76.1 Å². The van der Waals surface area contributed by atoms with E-state index in [4.69, 9.17) is 0 Å². The first-order valence-electron chi connectivity index (χ1n) is 9.10. The number of nitrogens with one attached hydrogen (secondary N) is 1. The van der Waals surface area contributed by atoms with E-state index in [9.17, 15) is 17.6 Å². The molecular weight excluding hydrogens is 411 g/mol. The molecule has 0 saturated heterocycles. The summed E-state index contributed by atoms with van der Waals surface area (Å²) in [6.45, 7) is 3.40. The molecule has 0 saturated carbocycles. The molecule has 0 aliphatic heterocycles. The van der Waals surface area contributed by atoms with Crippen LogP contribution in [0.2, 0.25) is 0 Å². The highest BCUT2D eigenvalue weighted by atomic mass is 32.2. The van der Waals surface area contributed by atoms with Crippen LogP contribution in [0.1, 0.15) is 25.1 Å². The summed E-state index contributed by atoms with van der Waals surface area (Å²) < 4.78 is 38.4. The normalized spacial score (nSPS) is 12.5. The highest BCUT2D eigenvalue weighted by Crippen LogP contribution is 2.25. The second kappa shape index (κ2) is 8.84. The van der Waals surface area contributed by atoms with E-state index in [1.54, 1.807) is 29.6 Å². The second-order valence-corrected chi connectivity index (χ2v) is 9.82. The Kier molecular flexibility index (Phi) is 6.44. The van der Waals surface area contributed by atoms with Gasteiger partial charge in [-0.05, 0) is 55.3 Å². The Morgan fingerprint density at radius 3 is 2.41 bits per heavy atom. The first kappa shape index (κ1) is 21.1. The van der Waals surface area contributed by atoms with Crippen molar-refractivity contribution in [2.45, 2.75) is 31.3 Å². The number of rotatable bonds is 7. The molecule has 1 atom stereocenters. The maximum absolute atomic E-state index is 13.1. The van der Waals surface area contributed by atoms with Gasteiger partial charge < -0.3 is 5.32 Å². The zero-order valence-electron chi connectivity index (χ0n) is 16.1. The number of halogens is 1. The van der Waals surface area contributed by atoms with Crippen LogP contribution >= 0.6 is 11.3 Å². The molecule has 0 bridgehead atoms. The van der Waals surface area contributed by atoms with Gasteiger partial charge in [-0.1, -0.05) is 19.1 Å². The van der Waals surface area contributed by atoms with E-state index in [1.165, 1.54) is 30.4 Å². The van der Waals surface area contributed by atoms with E-state index in [0.717, 1.165) is 12.0 Å². The van der Waals surface area contributed by atoms with Crippen molar-refractivity contribution in [2.75, 3.05) is 5.32 Å². The fourth-order valence-electron chi connectivity index (χ4n) is 2.66. The lowest BCUT2D eigenvalue weighted by Crippen LogP contribution is -2.33. The van der Waals surface area contributed by atoms with Crippen LogP contribution in [-0.4, -0.2) is 24.6 Å². The van der Waals surface area contributed by atoms with Gasteiger partial charge >= 0.3 is 0 Å². The molecule has 0 aliphatic rings. The molecular formula is C21H21FN2O3S2. The number of amides is 1. The predicted octanol–water partition coefficient (Wildman–Crippen LogP) is 4.45. The number of hydrogen-bond acceptors (Lipinski definition) is 5. The van der Waals surface area contributed by atoms with Gasteiger partial charge in [-0.3, -0.25) is 4.79 Å². The summed E-state index contributed by atoms with van der Waals surface area (Å²) in [5.41, 5.74) is 2.76. The molecule has 2 aromatic carbocycles. The molecule has 3 rings (SSSR count). The smallest absolute Gasteiger partial charge is 0.242 e. The van der Waals surface area contributed by atoms with Crippen LogP contribution in [0.15, 0.2) is 53.9 Å². The monoisotopic (exact) mass is 432 g/mol. The first-order valence-corrected chi connectivity index (χ1v) is 11.7. The van der Waals surface area contributed by atoms with Crippen LogP contribution in [0.4, 0.5) is 10.1 Å². The fraction of sp³-hybridized carbons (Fsp3) is 0.238. The van der Waals surface area contributed by atoms with Crippen LogP contribution in [-0.2, 0) is 26.8 Å². The van der Waals surface area contributed by atoms with E-state index >= 15 is 0 Å². The molecule has 1 amide bonds. The van der Waals surface area contributed by atoms with Gasteiger partial charge in [0.25, 0.3) is 0 Å². The molecule has 0 fully saturated rings. The summed E-state index contributed by atoms with van der Waals surface area (Å²) in [6, 6.07) is 13.1. The fourth-order valence-corrected chi connectivity index (χ4v) is 4.79. The lowest BCUT2D eigenvalue weighted by atomic mass is 10.1. The lowest BCUT2D eigenvalue weighted by molar-refractivity contribution is -0.115. The third-order valence-corrected chi connectivity index (χ3v) is 7.46. The van der Waals surface area contributed by atoms with Crippen molar-refractivity contribution < 1.29 is 17.6 Å². The molecule has 29 heavy (non-hydrogen) atoms. The van der Waals surface area contributed by atoms with E-state index in [1.807, 2.05) is 19.1 Å². The third kappa shape index (κ3) is 5.27. The summed E-state index contributed by atoms with van der Waals surface area (Å²) in [5.74, 6) is -1.27. The van der Waals surface area contributed by atoms with Crippen molar-refractivity contribution in [2.24, 2.45) is 0 Å². The minimum atomic E-state index is -3.75. The molecule has 1 aromatic heterocycles. The summed E-state index contributed by atoms with van der Waals surface area (Å²) >= 11 is 1.28. The van der Waals surface area contributed by atoms with E-state index in [-0.39, 0.29) is 11.6 Å². The number of thiazole rings is 1. The molecule has 3 aromatic rings. The molecule has 8 heteroatoms. The Bertz CT molecular complexity index is 1090. The van der Waals surface area contributed by atoms with Gasteiger partial charge in [-0.15, -0.1) is 11.3 Å². The Balaban J connectivity index is 1.68. The number of anilines is 1. The van der Waals surface area contributed by atoms with Gasteiger partial charge in [0.15, 0.2) is 9.84 Å². The Labute approximate surface area is 173 Å². The molecule has 152 valence electrons. The summed E-state index contributed by atoms with van der Waals surface area (Å²) in [4.78, 5) is 16.7. The van der Waals surface area contributed by atoms with Gasteiger partial charge in [0, 0.05) is 16.6 Å². The molecule has 0 radical (unpaired) electrons. The number of hydrogen-bond donors (Lipinski definition) is 1. The summed E-state index contributed by atoms with van der Waals surface area (Å²) in [6.07, 6.45) is 0.882. The number of nitrogens with zero attached hydrogens (tertiary/aromatic N) is 1. The zero-order chi connectivity index (χ0) is 21.0. The number of carbonyl (C=O) groups is 1. The van der Waals surface area contributed by atoms with Crippen molar-refractivity contribution in [3.63, 3.8) is 0 Å². The van der Waals surface area contributed by atoms with E-state index in [0.29, 0.717) is 22.0 Å². The minimum absolute atomic E-state index is 0.339. The average molecular weight is 433 g/mol. The molecule has 5 nitrogen and oxygen atoms in total. The maximum atomic E-state index is 13.1. The third-order valence-electron chi connectivity index (χ3n) is 4.53. The molecule has 1 unspecified atom stereocenters. The van der Waals surface area contributed by atoms with Crippen molar-refractivity contribution in [3.05, 3.63) is 71.0 Å². The number of benzene rings is 2. The Morgan fingerprint density at radius 2 is 1.79 bits per heavy atom. The van der Waals surface area contributed by atoms with Crippen molar-refractivity contribution >= 4 is 32.8 Å². The van der Waals surface area contributed by atoms with Crippen molar-refractivity contribution in [3.8, 4) is 10.6 Å². The van der Waals surface area contributed by atoms with Gasteiger partial charge in [-0.25, -0.2) is 17.8 Å².